The molecule has 1 aromatic rings. The molecule has 0 bridgehead atoms. The minimum Gasteiger partial charge on any atom is -0.369 e. The van der Waals surface area contributed by atoms with Crippen molar-refractivity contribution in [2.75, 3.05) is 7.11 Å². The Morgan fingerprint density at radius 1 is 1.38 bits per heavy atom. The Kier molecular flexibility index (Phi) is 3.72. The highest BCUT2D eigenvalue weighted by Crippen LogP contribution is 2.25. The van der Waals surface area contributed by atoms with Gasteiger partial charge in [0.15, 0.2) is 6.29 Å². The zero-order valence-electron chi connectivity index (χ0n) is 6.96. The van der Waals surface area contributed by atoms with Crippen LogP contribution in [0.1, 0.15) is 11.7 Å². The quantitative estimate of drug-likeness (QED) is 0.730. The molecule has 0 aromatic heterocycles. The first-order valence-electron chi connectivity index (χ1n) is 3.62. The van der Waals surface area contributed by atoms with Crippen molar-refractivity contribution < 1.29 is 9.53 Å². The van der Waals surface area contributed by atoms with Crippen LogP contribution in [0.2, 0.25) is 10.0 Å². The number of hydrogen-bond donors (Lipinski definition) is 0. The van der Waals surface area contributed by atoms with E-state index in [1.54, 1.807) is 18.2 Å². The first kappa shape index (κ1) is 10.5. The van der Waals surface area contributed by atoms with Gasteiger partial charge < -0.3 is 9.53 Å². The fourth-order valence-corrected chi connectivity index (χ4v) is 1.27. The van der Waals surface area contributed by atoms with Crippen LogP contribution in [-0.4, -0.2) is 13.4 Å². The van der Waals surface area contributed by atoms with E-state index in [1.165, 1.54) is 7.11 Å². The number of carbonyl (C=O) groups is 1. The molecule has 0 radical (unpaired) electrons. The SMILES string of the molecule is COC(C=O)c1ccc(Cl)c(Cl)c1. The van der Waals surface area contributed by atoms with Gasteiger partial charge in [0.1, 0.15) is 6.10 Å². The standard InChI is InChI=1S/C9H8Cl2O2/c1-13-9(5-12)6-2-3-7(10)8(11)4-6/h2-5,9H,1H3. The molecule has 0 heterocycles. The van der Waals surface area contributed by atoms with Gasteiger partial charge in [0.05, 0.1) is 10.0 Å². The third-order valence-corrected chi connectivity index (χ3v) is 2.39. The van der Waals surface area contributed by atoms with Gasteiger partial charge >= 0.3 is 0 Å². The number of rotatable bonds is 3. The second kappa shape index (κ2) is 4.61. The second-order valence-corrected chi connectivity index (χ2v) is 3.28. The van der Waals surface area contributed by atoms with Gasteiger partial charge in [-0.1, -0.05) is 29.3 Å². The summed E-state index contributed by atoms with van der Waals surface area (Å²) < 4.78 is 4.91. The number of benzene rings is 1. The predicted octanol–water partition coefficient (Wildman–Crippen LogP) is 2.88. The molecule has 1 atom stereocenters. The van der Waals surface area contributed by atoms with Gasteiger partial charge in [-0.2, -0.15) is 0 Å². The second-order valence-electron chi connectivity index (χ2n) is 2.47. The first-order valence-corrected chi connectivity index (χ1v) is 4.37. The van der Waals surface area contributed by atoms with E-state index in [1.807, 2.05) is 0 Å². The van der Waals surface area contributed by atoms with Crippen molar-refractivity contribution in [2.45, 2.75) is 6.10 Å². The fourth-order valence-electron chi connectivity index (χ4n) is 0.960. The molecule has 0 saturated carbocycles. The van der Waals surface area contributed by atoms with Gasteiger partial charge in [-0.3, -0.25) is 0 Å². The number of aldehydes is 1. The molecule has 1 unspecified atom stereocenters. The van der Waals surface area contributed by atoms with Crippen molar-refractivity contribution in [1.29, 1.82) is 0 Å². The van der Waals surface area contributed by atoms with Crippen molar-refractivity contribution in [2.24, 2.45) is 0 Å². The summed E-state index contributed by atoms with van der Waals surface area (Å²) in [4.78, 5) is 10.5. The van der Waals surface area contributed by atoms with Crippen LogP contribution in [0.5, 0.6) is 0 Å². The summed E-state index contributed by atoms with van der Waals surface area (Å²) in [7, 11) is 1.46. The predicted molar refractivity (Wildman–Crippen MR) is 52.3 cm³/mol. The minimum atomic E-state index is -0.574. The molecular weight excluding hydrogens is 211 g/mol. The molecule has 0 fully saturated rings. The third-order valence-electron chi connectivity index (χ3n) is 1.65. The average Bonchev–Trinajstić information content (AvgIpc) is 2.13. The summed E-state index contributed by atoms with van der Waals surface area (Å²) in [5.74, 6) is 0. The number of methoxy groups -OCH3 is 1. The van der Waals surface area contributed by atoms with Crippen LogP contribution in [-0.2, 0) is 9.53 Å². The zero-order chi connectivity index (χ0) is 9.84. The Morgan fingerprint density at radius 3 is 2.54 bits per heavy atom. The van der Waals surface area contributed by atoms with Crippen LogP contribution in [0, 0.1) is 0 Å². The number of carbonyl (C=O) groups excluding carboxylic acids is 1. The third kappa shape index (κ3) is 2.44. The van der Waals surface area contributed by atoms with Crippen LogP contribution in [0.25, 0.3) is 0 Å². The summed E-state index contributed by atoms with van der Waals surface area (Å²) in [6.07, 6.45) is 0.134. The van der Waals surface area contributed by atoms with Crippen molar-refractivity contribution in [3.8, 4) is 0 Å². The number of halogens is 2. The smallest absolute Gasteiger partial charge is 0.153 e. The van der Waals surface area contributed by atoms with E-state index in [0.717, 1.165) is 0 Å². The van der Waals surface area contributed by atoms with Crippen LogP contribution < -0.4 is 0 Å². The molecule has 4 heteroatoms. The Bertz CT molecular complexity index is 312. The summed E-state index contributed by atoms with van der Waals surface area (Å²) in [5.41, 5.74) is 0.701. The molecule has 2 nitrogen and oxygen atoms in total. The number of ether oxygens (including phenoxy) is 1. The molecular formula is C9H8Cl2O2. The molecule has 0 amide bonds. The monoisotopic (exact) mass is 218 g/mol. The highest BCUT2D eigenvalue weighted by molar-refractivity contribution is 6.42. The van der Waals surface area contributed by atoms with Crippen molar-refractivity contribution in [1.82, 2.24) is 0 Å². The largest absolute Gasteiger partial charge is 0.369 e. The first-order chi connectivity index (χ1) is 6.19. The van der Waals surface area contributed by atoms with Crippen LogP contribution in [0.4, 0.5) is 0 Å². The maximum Gasteiger partial charge on any atom is 0.153 e. The van der Waals surface area contributed by atoms with E-state index >= 15 is 0 Å². The van der Waals surface area contributed by atoms with Crippen LogP contribution >= 0.6 is 23.2 Å². The molecule has 0 aliphatic carbocycles. The lowest BCUT2D eigenvalue weighted by atomic mass is 10.1. The molecule has 0 saturated heterocycles. The van der Waals surface area contributed by atoms with E-state index in [4.69, 9.17) is 27.9 Å². The van der Waals surface area contributed by atoms with Gasteiger partial charge in [0.25, 0.3) is 0 Å². The summed E-state index contributed by atoms with van der Waals surface area (Å²) >= 11 is 11.5. The highest BCUT2D eigenvalue weighted by Gasteiger charge is 2.09. The van der Waals surface area contributed by atoms with Gasteiger partial charge in [0, 0.05) is 7.11 Å². The van der Waals surface area contributed by atoms with Crippen molar-refractivity contribution in [3.05, 3.63) is 33.8 Å². The normalized spacial score (nSPS) is 12.5. The lowest BCUT2D eigenvalue weighted by molar-refractivity contribution is -0.116. The van der Waals surface area contributed by atoms with E-state index in [9.17, 15) is 4.79 Å². The van der Waals surface area contributed by atoms with Crippen LogP contribution in [0.15, 0.2) is 18.2 Å². The average molecular weight is 219 g/mol. The van der Waals surface area contributed by atoms with Crippen molar-refractivity contribution >= 4 is 29.5 Å². The molecule has 1 rings (SSSR count). The topological polar surface area (TPSA) is 26.3 Å². The highest BCUT2D eigenvalue weighted by atomic mass is 35.5. The van der Waals surface area contributed by atoms with E-state index in [-0.39, 0.29) is 0 Å². The lowest BCUT2D eigenvalue weighted by Crippen LogP contribution is -2.02. The van der Waals surface area contributed by atoms with Gasteiger partial charge in [0.2, 0.25) is 0 Å². The maximum absolute atomic E-state index is 10.5. The molecule has 0 spiro atoms. The molecule has 13 heavy (non-hydrogen) atoms. The fraction of sp³-hybridized carbons (Fsp3) is 0.222. The Hall–Kier alpha value is -0.570. The Balaban J connectivity index is 3.01. The summed E-state index contributed by atoms with van der Waals surface area (Å²) in [5, 5.41) is 0.884. The maximum atomic E-state index is 10.5. The summed E-state index contributed by atoms with van der Waals surface area (Å²) in [6.45, 7) is 0. The van der Waals surface area contributed by atoms with Gasteiger partial charge in [-0.05, 0) is 17.7 Å². The Labute approximate surface area is 86.4 Å². The lowest BCUT2D eigenvalue weighted by Gasteiger charge is -2.08. The van der Waals surface area contributed by atoms with E-state index in [0.29, 0.717) is 21.9 Å². The van der Waals surface area contributed by atoms with Crippen molar-refractivity contribution in [3.63, 3.8) is 0 Å². The van der Waals surface area contributed by atoms with Gasteiger partial charge in [-0.25, -0.2) is 0 Å². The number of hydrogen-bond acceptors (Lipinski definition) is 2. The van der Waals surface area contributed by atoms with E-state index < -0.39 is 6.10 Å². The minimum absolute atomic E-state index is 0.420. The molecule has 0 aliphatic rings. The van der Waals surface area contributed by atoms with Crippen LogP contribution in [0.3, 0.4) is 0 Å². The molecule has 1 aromatic carbocycles. The zero-order valence-corrected chi connectivity index (χ0v) is 8.47. The summed E-state index contributed by atoms with van der Waals surface area (Å²) in [6, 6.07) is 4.96. The molecule has 70 valence electrons. The Morgan fingerprint density at radius 2 is 2.08 bits per heavy atom. The van der Waals surface area contributed by atoms with E-state index in [2.05, 4.69) is 0 Å². The molecule has 0 N–H and O–H groups in total. The molecule has 0 aliphatic heterocycles. The van der Waals surface area contributed by atoms with Gasteiger partial charge in [-0.15, -0.1) is 0 Å².